The number of aliphatic hydroxyl groups is 1. The van der Waals surface area contributed by atoms with Gasteiger partial charge >= 0.3 is 0 Å². The van der Waals surface area contributed by atoms with Crippen molar-refractivity contribution in [2.45, 2.75) is 38.1 Å². The molecular weight excluding hydrogens is 318 g/mol. The highest BCUT2D eigenvalue weighted by Crippen LogP contribution is 2.38. The molecule has 3 aliphatic rings. The first-order valence-corrected chi connectivity index (χ1v) is 9.25. The van der Waals surface area contributed by atoms with E-state index in [4.69, 9.17) is 0 Å². The second-order valence-electron chi connectivity index (χ2n) is 7.30. The van der Waals surface area contributed by atoms with Crippen LogP contribution in [0.2, 0.25) is 0 Å². The standard InChI is InChI=1S/C19H25N3O3/c23-12-13-6-9-21(10-7-13)15-2-1-3-16-14(15)8-11-22(16)17-4-5-18(24)20-19(17)25/h1-3,13,17,23H,4-12H2,(H,20,24,25). The fraction of sp³-hybridized carbons (Fsp3) is 0.579. The lowest BCUT2D eigenvalue weighted by Gasteiger charge is -2.35. The van der Waals surface area contributed by atoms with Gasteiger partial charge in [0.25, 0.3) is 0 Å². The first-order valence-electron chi connectivity index (χ1n) is 9.25. The van der Waals surface area contributed by atoms with Crippen LogP contribution in [0, 0.1) is 5.92 Å². The molecule has 0 aliphatic carbocycles. The highest BCUT2D eigenvalue weighted by Gasteiger charge is 2.36. The van der Waals surface area contributed by atoms with Gasteiger partial charge < -0.3 is 14.9 Å². The Morgan fingerprint density at radius 2 is 1.80 bits per heavy atom. The second-order valence-corrected chi connectivity index (χ2v) is 7.30. The van der Waals surface area contributed by atoms with E-state index in [1.807, 2.05) is 0 Å². The Morgan fingerprint density at radius 1 is 1.04 bits per heavy atom. The summed E-state index contributed by atoms with van der Waals surface area (Å²) >= 11 is 0. The Balaban J connectivity index is 1.56. The number of anilines is 2. The third-order valence-electron chi connectivity index (χ3n) is 5.84. The first kappa shape index (κ1) is 16.4. The molecule has 3 heterocycles. The highest BCUT2D eigenvalue weighted by molar-refractivity contribution is 6.02. The van der Waals surface area contributed by atoms with Crippen LogP contribution in [0.15, 0.2) is 18.2 Å². The van der Waals surface area contributed by atoms with Gasteiger partial charge in [0.1, 0.15) is 6.04 Å². The maximum Gasteiger partial charge on any atom is 0.249 e. The molecule has 4 rings (SSSR count). The van der Waals surface area contributed by atoms with Gasteiger partial charge in [-0.05, 0) is 43.7 Å². The summed E-state index contributed by atoms with van der Waals surface area (Å²) < 4.78 is 0. The minimum absolute atomic E-state index is 0.166. The molecule has 1 aromatic rings. The third kappa shape index (κ3) is 2.99. The largest absolute Gasteiger partial charge is 0.396 e. The Kier molecular flexibility index (Phi) is 4.37. The summed E-state index contributed by atoms with van der Waals surface area (Å²) in [6.07, 6.45) is 3.99. The molecule has 0 saturated carbocycles. The van der Waals surface area contributed by atoms with Gasteiger partial charge in [0.05, 0.1) is 0 Å². The predicted molar refractivity (Wildman–Crippen MR) is 95.7 cm³/mol. The van der Waals surface area contributed by atoms with Gasteiger partial charge in [0.15, 0.2) is 0 Å². The van der Waals surface area contributed by atoms with Crippen LogP contribution in [0.4, 0.5) is 11.4 Å². The van der Waals surface area contributed by atoms with Crippen LogP contribution in [0.5, 0.6) is 0 Å². The molecule has 6 nitrogen and oxygen atoms in total. The van der Waals surface area contributed by atoms with Crippen molar-refractivity contribution in [1.29, 1.82) is 0 Å². The number of rotatable bonds is 3. The summed E-state index contributed by atoms with van der Waals surface area (Å²) in [6.45, 7) is 3.05. The van der Waals surface area contributed by atoms with Crippen molar-refractivity contribution in [2.75, 3.05) is 36.0 Å². The summed E-state index contributed by atoms with van der Waals surface area (Å²) in [6, 6.07) is 6.09. The van der Waals surface area contributed by atoms with Crippen LogP contribution in [0.25, 0.3) is 0 Å². The lowest BCUT2D eigenvalue weighted by molar-refractivity contribution is -0.134. The van der Waals surface area contributed by atoms with Gasteiger partial charge in [-0.15, -0.1) is 0 Å². The van der Waals surface area contributed by atoms with E-state index >= 15 is 0 Å². The van der Waals surface area contributed by atoms with Gasteiger partial charge in [-0.3, -0.25) is 14.9 Å². The number of carbonyl (C=O) groups excluding carboxylic acids is 2. The van der Waals surface area contributed by atoms with Crippen LogP contribution >= 0.6 is 0 Å². The molecule has 2 fully saturated rings. The van der Waals surface area contributed by atoms with E-state index in [-0.39, 0.29) is 24.5 Å². The normalized spacial score (nSPS) is 24.4. The lowest BCUT2D eigenvalue weighted by Crippen LogP contribution is -2.52. The van der Waals surface area contributed by atoms with E-state index in [0.29, 0.717) is 18.8 Å². The number of hydrogen-bond acceptors (Lipinski definition) is 5. The van der Waals surface area contributed by atoms with E-state index in [0.717, 1.165) is 44.6 Å². The number of fused-ring (bicyclic) bond motifs is 1. The Hall–Kier alpha value is -2.08. The van der Waals surface area contributed by atoms with Gasteiger partial charge in [0.2, 0.25) is 11.8 Å². The number of hydrogen-bond donors (Lipinski definition) is 2. The number of aliphatic hydroxyl groups excluding tert-OH is 1. The zero-order valence-corrected chi connectivity index (χ0v) is 14.4. The first-order chi connectivity index (χ1) is 12.2. The molecule has 0 aromatic heterocycles. The summed E-state index contributed by atoms with van der Waals surface area (Å²) in [5.41, 5.74) is 3.72. The van der Waals surface area contributed by atoms with Crippen molar-refractivity contribution in [3.8, 4) is 0 Å². The smallest absolute Gasteiger partial charge is 0.249 e. The monoisotopic (exact) mass is 343 g/mol. The minimum Gasteiger partial charge on any atom is -0.396 e. The van der Waals surface area contributed by atoms with E-state index in [1.54, 1.807) is 0 Å². The lowest BCUT2D eigenvalue weighted by atomic mass is 9.96. The van der Waals surface area contributed by atoms with Crippen molar-refractivity contribution < 1.29 is 14.7 Å². The molecule has 3 aliphatic heterocycles. The number of imide groups is 1. The predicted octanol–water partition coefficient (Wildman–Crippen LogP) is 1.06. The van der Waals surface area contributed by atoms with Gasteiger partial charge in [0, 0.05) is 49.6 Å². The number of piperidine rings is 2. The van der Waals surface area contributed by atoms with Gasteiger partial charge in [-0.1, -0.05) is 6.07 Å². The maximum atomic E-state index is 12.2. The Bertz CT molecular complexity index is 682. The molecule has 1 unspecified atom stereocenters. The van der Waals surface area contributed by atoms with Crippen molar-refractivity contribution in [2.24, 2.45) is 5.92 Å². The summed E-state index contributed by atoms with van der Waals surface area (Å²) in [4.78, 5) is 28.2. The molecular formula is C19H25N3O3. The van der Waals surface area contributed by atoms with Crippen molar-refractivity contribution in [3.63, 3.8) is 0 Å². The quantitative estimate of drug-likeness (QED) is 0.803. The van der Waals surface area contributed by atoms with Crippen LogP contribution in [0.1, 0.15) is 31.2 Å². The number of nitrogens with zero attached hydrogens (tertiary/aromatic N) is 2. The average molecular weight is 343 g/mol. The van der Waals surface area contributed by atoms with E-state index < -0.39 is 0 Å². The topological polar surface area (TPSA) is 72.9 Å². The van der Waals surface area contributed by atoms with Crippen LogP contribution in [0.3, 0.4) is 0 Å². The summed E-state index contributed by atoms with van der Waals surface area (Å²) in [5.74, 6) is 0.0902. The molecule has 6 heteroatoms. The zero-order valence-electron chi connectivity index (χ0n) is 14.4. The van der Waals surface area contributed by atoms with Crippen LogP contribution in [-0.2, 0) is 16.0 Å². The molecule has 0 spiro atoms. The Morgan fingerprint density at radius 3 is 2.52 bits per heavy atom. The molecule has 0 bridgehead atoms. The molecule has 134 valence electrons. The van der Waals surface area contributed by atoms with E-state index in [9.17, 15) is 14.7 Å². The van der Waals surface area contributed by atoms with E-state index in [1.165, 1.54) is 11.3 Å². The number of carbonyl (C=O) groups is 2. The maximum absolute atomic E-state index is 12.2. The van der Waals surface area contributed by atoms with Crippen LogP contribution in [-0.4, -0.2) is 49.2 Å². The number of nitrogens with one attached hydrogen (secondary N) is 1. The molecule has 1 atom stereocenters. The Labute approximate surface area is 147 Å². The molecule has 2 saturated heterocycles. The summed E-state index contributed by atoms with van der Waals surface area (Å²) in [7, 11) is 0. The minimum atomic E-state index is -0.241. The third-order valence-corrected chi connectivity index (χ3v) is 5.84. The fourth-order valence-electron chi connectivity index (χ4n) is 4.40. The SMILES string of the molecule is O=C1CCC(N2CCc3c(N4CCC(CO)CC4)cccc32)C(=O)N1. The zero-order chi connectivity index (χ0) is 17.4. The number of benzene rings is 1. The van der Waals surface area contributed by atoms with Crippen molar-refractivity contribution in [1.82, 2.24) is 5.32 Å². The highest BCUT2D eigenvalue weighted by atomic mass is 16.3. The number of amides is 2. The average Bonchev–Trinajstić information content (AvgIpc) is 3.06. The summed E-state index contributed by atoms with van der Waals surface area (Å²) in [5, 5.41) is 11.8. The fourth-order valence-corrected chi connectivity index (χ4v) is 4.40. The van der Waals surface area contributed by atoms with Crippen molar-refractivity contribution >= 4 is 23.2 Å². The second kappa shape index (κ2) is 6.67. The molecule has 2 N–H and O–H groups in total. The molecule has 25 heavy (non-hydrogen) atoms. The molecule has 2 amide bonds. The van der Waals surface area contributed by atoms with Gasteiger partial charge in [-0.2, -0.15) is 0 Å². The van der Waals surface area contributed by atoms with Gasteiger partial charge in [-0.25, -0.2) is 0 Å². The van der Waals surface area contributed by atoms with Crippen LogP contribution < -0.4 is 15.1 Å². The molecule has 0 radical (unpaired) electrons. The molecule has 1 aromatic carbocycles. The van der Waals surface area contributed by atoms with Crippen molar-refractivity contribution in [3.05, 3.63) is 23.8 Å². The van der Waals surface area contributed by atoms with E-state index in [2.05, 4.69) is 33.3 Å².